The Kier molecular flexibility index (Phi) is 4.73. The van der Waals surface area contributed by atoms with E-state index in [2.05, 4.69) is 10.4 Å². The van der Waals surface area contributed by atoms with E-state index < -0.39 is 5.82 Å². The summed E-state index contributed by atoms with van der Waals surface area (Å²) in [6.45, 7) is 8.24. The van der Waals surface area contributed by atoms with Gasteiger partial charge in [0.2, 0.25) is 0 Å². The molecule has 1 aromatic heterocycles. The molecule has 6 heteroatoms. The molecule has 1 aromatic carbocycles. The van der Waals surface area contributed by atoms with Crippen LogP contribution in [0.3, 0.4) is 0 Å². The zero-order valence-corrected chi connectivity index (χ0v) is 14.1. The van der Waals surface area contributed by atoms with Crippen LogP contribution in [0.2, 0.25) is 0 Å². The molecule has 1 heterocycles. The predicted octanol–water partition coefficient (Wildman–Crippen LogP) is 3.51. The van der Waals surface area contributed by atoms with Gasteiger partial charge in [0, 0.05) is 24.2 Å². The van der Waals surface area contributed by atoms with Gasteiger partial charge in [-0.15, -0.1) is 0 Å². The van der Waals surface area contributed by atoms with Crippen LogP contribution in [0.15, 0.2) is 24.3 Å². The van der Waals surface area contributed by atoms with Crippen LogP contribution in [-0.4, -0.2) is 22.3 Å². The fraction of sp³-hybridized carbons (Fsp3) is 0.412. The van der Waals surface area contributed by atoms with Gasteiger partial charge in [-0.3, -0.25) is 9.48 Å². The van der Waals surface area contributed by atoms with Gasteiger partial charge in [0.05, 0.1) is 12.3 Å². The summed E-state index contributed by atoms with van der Waals surface area (Å²) >= 11 is 0. The highest BCUT2D eigenvalue weighted by Crippen LogP contribution is 2.23. The van der Waals surface area contributed by atoms with Crippen molar-refractivity contribution < 1.29 is 13.9 Å². The van der Waals surface area contributed by atoms with Crippen LogP contribution >= 0.6 is 0 Å². The van der Waals surface area contributed by atoms with Gasteiger partial charge in [-0.1, -0.05) is 20.8 Å². The smallest absolute Gasteiger partial charge is 0.273 e. The zero-order valence-electron chi connectivity index (χ0n) is 14.1. The number of carbonyl (C=O) groups excluding carboxylic acids is 1. The lowest BCUT2D eigenvalue weighted by Crippen LogP contribution is -2.16. The fourth-order valence-electron chi connectivity index (χ4n) is 2.09. The standard InChI is InChI=1S/C17H22FN3O2/c1-6-23-14-8-7-11(9-12(14)18)19-16(22)13-10-15(17(2,3)4)20-21(13)5/h7-10H,6H2,1-5H3,(H,19,22). The van der Waals surface area contributed by atoms with Gasteiger partial charge in [-0.25, -0.2) is 4.39 Å². The van der Waals surface area contributed by atoms with E-state index >= 15 is 0 Å². The minimum Gasteiger partial charge on any atom is -0.491 e. The lowest BCUT2D eigenvalue weighted by atomic mass is 9.92. The van der Waals surface area contributed by atoms with E-state index in [1.54, 1.807) is 26.1 Å². The molecule has 124 valence electrons. The van der Waals surface area contributed by atoms with E-state index in [0.717, 1.165) is 5.69 Å². The van der Waals surface area contributed by atoms with Crippen molar-refractivity contribution in [2.45, 2.75) is 33.1 Å². The van der Waals surface area contributed by atoms with Gasteiger partial charge in [0.25, 0.3) is 5.91 Å². The summed E-state index contributed by atoms with van der Waals surface area (Å²) in [5.74, 6) is -0.676. The second-order valence-corrected chi connectivity index (χ2v) is 6.32. The van der Waals surface area contributed by atoms with Crippen molar-refractivity contribution in [3.05, 3.63) is 41.5 Å². The fourth-order valence-corrected chi connectivity index (χ4v) is 2.09. The summed E-state index contributed by atoms with van der Waals surface area (Å²) in [5.41, 5.74) is 1.46. The summed E-state index contributed by atoms with van der Waals surface area (Å²) < 4.78 is 20.5. The Hall–Kier alpha value is -2.37. The Bertz CT molecular complexity index is 717. The third kappa shape index (κ3) is 3.88. The van der Waals surface area contributed by atoms with E-state index in [-0.39, 0.29) is 17.1 Å². The molecule has 0 bridgehead atoms. The van der Waals surface area contributed by atoms with Crippen LogP contribution in [-0.2, 0) is 12.5 Å². The van der Waals surface area contributed by atoms with Gasteiger partial charge in [-0.2, -0.15) is 5.10 Å². The van der Waals surface area contributed by atoms with Gasteiger partial charge in [-0.05, 0) is 25.1 Å². The number of halogens is 1. The maximum atomic E-state index is 13.8. The van der Waals surface area contributed by atoms with E-state index in [0.29, 0.717) is 18.0 Å². The van der Waals surface area contributed by atoms with Gasteiger partial charge < -0.3 is 10.1 Å². The SMILES string of the molecule is CCOc1ccc(NC(=O)c2cc(C(C)(C)C)nn2C)cc1F. The number of ether oxygens (including phenoxy) is 1. The number of rotatable bonds is 4. The second kappa shape index (κ2) is 6.40. The van der Waals surface area contributed by atoms with Crippen LogP contribution in [0.25, 0.3) is 0 Å². The number of hydrogen-bond donors (Lipinski definition) is 1. The van der Waals surface area contributed by atoms with E-state index in [4.69, 9.17) is 4.74 Å². The van der Waals surface area contributed by atoms with Crippen LogP contribution in [0.5, 0.6) is 5.75 Å². The number of carbonyl (C=O) groups is 1. The number of aryl methyl sites for hydroxylation is 1. The molecule has 0 unspecified atom stereocenters. The maximum Gasteiger partial charge on any atom is 0.273 e. The number of nitrogens with one attached hydrogen (secondary N) is 1. The average molecular weight is 319 g/mol. The third-order valence-electron chi connectivity index (χ3n) is 3.37. The summed E-state index contributed by atoms with van der Waals surface area (Å²) in [7, 11) is 1.71. The first kappa shape index (κ1) is 17.0. The molecule has 0 aliphatic heterocycles. The quantitative estimate of drug-likeness (QED) is 0.938. The van der Waals surface area contributed by atoms with Crippen LogP contribution < -0.4 is 10.1 Å². The van der Waals surface area contributed by atoms with Gasteiger partial charge in [0.1, 0.15) is 5.69 Å². The van der Waals surface area contributed by atoms with E-state index in [1.165, 1.54) is 16.8 Å². The van der Waals surface area contributed by atoms with Crippen molar-refractivity contribution in [1.29, 1.82) is 0 Å². The highest BCUT2D eigenvalue weighted by atomic mass is 19.1. The Labute approximate surface area is 135 Å². The van der Waals surface area contributed by atoms with E-state index in [9.17, 15) is 9.18 Å². The molecule has 0 spiro atoms. The Morgan fingerprint density at radius 1 is 1.35 bits per heavy atom. The summed E-state index contributed by atoms with van der Waals surface area (Å²) in [6, 6.07) is 6.09. The van der Waals surface area contributed by atoms with E-state index in [1.807, 2.05) is 20.8 Å². The first-order chi connectivity index (χ1) is 10.7. The third-order valence-corrected chi connectivity index (χ3v) is 3.37. The lowest BCUT2D eigenvalue weighted by molar-refractivity contribution is 0.101. The average Bonchev–Trinajstić information content (AvgIpc) is 2.84. The Morgan fingerprint density at radius 2 is 2.04 bits per heavy atom. The first-order valence-corrected chi connectivity index (χ1v) is 7.50. The van der Waals surface area contributed by atoms with Crippen molar-refractivity contribution in [1.82, 2.24) is 9.78 Å². The Balaban J connectivity index is 2.19. The second-order valence-electron chi connectivity index (χ2n) is 6.32. The molecule has 0 aliphatic rings. The number of nitrogens with zero attached hydrogens (tertiary/aromatic N) is 2. The van der Waals surface area contributed by atoms with Crippen molar-refractivity contribution in [2.24, 2.45) is 7.05 Å². The molecule has 1 amide bonds. The summed E-state index contributed by atoms with van der Waals surface area (Å²) in [6.07, 6.45) is 0. The molecule has 1 N–H and O–H groups in total. The maximum absolute atomic E-state index is 13.8. The number of aromatic nitrogens is 2. The highest BCUT2D eigenvalue weighted by molar-refractivity contribution is 6.03. The molecule has 0 saturated carbocycles. The van der Waals surface area contributed by atoms with Crippen LogP contribution in [0, 0.1) is 5.82 Å². The normalized spacial score (nSPS) is 11.4. The summed E-state index contributed by atoms with van der Waals surface area (Å²) in [5, 5.41) is 7.04. The van der Waals surface area contributed by atoms with Gasteiger partial charge in [0.15, 0.2) is 11.6 Å². The monoisotopic (exact) mass is 319 g/mol. The minimum atomic E-state index is -0.509. The molecule has 23 heavy (non-hydrogen) atoms. The van der Waals surface area contributed by atoms with Crippen molar-refractivity contribution >= 4 is 11.6 Å². The molecule has 0 fully saturated rings. The molecule has 0 aliphatic carbocycles. The van der Waals surface area contributed by atoms with Crippen molar-refractivity contribution in [3.8, 4) is 5.75 Å². The molecule has 2 rings (SSSR count). The minimum absolute atomic E-state index is 0.151. The molecule has 0 radical (unpaired) electrons. The molecular formula is C17H22FN3O2. The summed E-state index contributed by atoms with van der Waals surface area (Å²) in [4.78, 5) is 12.4. The Morgan fingerprint density at radius 3 is 2.57 bits per heavy atom. The van der Waals surface area contributed by atoms with Crippen LogP contribution in [0.4, 0.5) is 10.1 Å². The first-order valence-electron chi connectivity index (χ1n) is 7.50. The number of hydrogen-bond acceptors (Lipinski definition) is 3. The van der Waals surface area contributed by atoms with Crippen molar-refractivity contribution in [3.63, 3.8) is 0 Å². The molecular weight excluding hydrogens is 297 g/mol. The molecule has 0 atom stereocenters. The predicted molar refractivity (Wildman–Crippen MR) is 87.4 cm³/mol. The number of anilines is 1. The van der Waals surface area contributed by atoms with Gasteiger partial charge >= 0.3 is 0 Å². The topological polar surface area (TPSA) is 56.1 Å². The number of benzene rings is 1. The largest absolute Gasteiger partial charge is 0.491 e. The number of amides is 1. The van der Waals surface area contributed by atoms with Crippen LogP contribution in [0.1, 0.15) is 43.9 Å². The molecule has 0 saturated heterocycles. The lowest BCUT2D eigenvalue weighted by Gasteiger charge is -2.13. The molecule has 5 nitrogen and oxygen atoms in total. The molecule has 2 aromatic rings. The van der Waals surface area contributed by atoms with Crippen molar-refractivity contribution in [2.75, 3.05) is 11.9 Å². The zero-order chi connectivity index (χ0) is 17.2. The highest BCUT2D eigenvalue weighted by Gasteiger charge is 2.21.